The molecule has 4 nitrogen and oxygen atoms in total. The van der Waals surface area contributed by atoms with E-state index in [0.717, 1.165) is 18.4 Å². The van der Waals surface area contributed by atoms with Gasteiger partial charge in [-0.15, -0.1) is 0 Å². The minimum Gasteiger partial charge on any atom is -0.468 e. The normalized spacial score (nSPS) is 21.7. The molecule has 0 aliphatic carbocycles. The predicted molar refractivity (Wildman–Crippen MR) is 78.6 cm³/mol. The Kier molecular flexibility index (Phi) is 3.49. The standard InChI is InChI=1S/C16H20N2O2/c1-3-6-13-15-11(9-14(17-13)16(19)20-2)10-7-4-5-8-12(10)18-15/h4-5,7-8,13-14,17-18H,3,6,9H2,1-2H3/t13?,14-/m0/s1. The number of benzene rings is 1. The second-order valence-electron chi connectivity index (χ2n) is 5.35. The van der Waals surface area contributed by atoms with Crippen molar-refractivity contribution < 1.29 is 9.53 Å². The molecule has 0 bridgehead atoms. The zero-order valence-electron chi connectivity index (χ0n) is 11.9. The summed E-state index contributed by atoms with van der Waals surface area (Å²) >= 11 is 0. The maximum absolute atomic E-state index is 11.9. The van der Waals surface area contributed by atoms with Gasteiger partial charge in [0.2, 0.25) is 0 Å². The van der Waals surface area contributed by atoms with Gasteiger partial charge in [0.25, 0.3) is 0 Å². The molecule has 0 saturated carbocycles. The second kappa shape index (κ2) is 5.29. The topological polar surface area (TPSA) is 54.1 Å². The number of hydrogen-bond donors (Lipinski definition) is 2. The monoisotopic (exact) mass is 272 g/mol. The summed E-state index contributed by atoms with van der Waals surface area (Å²) in [5.74, 6) is -0.179. The van der Waals surface area contributed by atoms with Crippen LogP contribution in [-0.4, -0.2) is 24.1 Å². The first-order chi connectivity index (χ1) is 9.74. The third kappa shape index (κ3) is 2.10. The molecule has 2 atom stereocenters. The summed E-state index contributed by atoms with van der Waals surface area (Å²) in [5, 5.41) is 4.64. The number of esters is 1. The van der Waals surface area contributed by atoms with E-state index in [1.807, 2.05) is 12.1 Å². The molecule has 106 valence electrons. The van der Waals surface area contributed by atoms with E-state index in [1.54, 1.807) is 0 Å². The fourth-order valence-electron chi connectivity index (χ4n) is 3.14. The van der Waals surface area contributed by atoms with Crippen molar-refractivity contribution in [2.75, 3.05) is 7.11 Å². The highest BCUT2D eigenvalue weighted by Crippen LogP contribution is 2.33. The minimum atomic E-state index is -0.247. The SMILES string of the molecule is CCCC1N[C@H](C(=O)OC)Cc2c1[nH]c1ccccc21. The summed E-state index contributed by atoms with van der Waals surface area (Å²) in [6, 6.07) is 8.23. The van der Waals surface area contributed by atoms with Crippen molar-refractivity contribution in [3.05, 3.63) is 35.5 Å². The average Bonchev–Trinajstić information content (AvgIpc) is 2.86. The van der Waals surface area contributed by atoms with Gasteiger partial charge < -0.3 is 9.72 Å². The van der Waals surface area contributed by atoms with Gasteiger partial charge in [0, 0.05) is 29.1 Å². The Morgan fingerprint density at radius 3 is 2.95 bits per heavy atom. The van der Waals surface area contributed by atoms with Gasteiger partial charge in [-0.05, 0) is 18.1 Å². The van der Waals surface area contributed by atoms with Gasteiger partial charge in [-0.25, -0.2) is 0 Å². The van der Waals surface area contributed by atoms with Gasteiger partial charge in [0.15, 0.2) is 0 Å². The highest BCUT2D eigenvalue weighted by Gasteiger charge is 2.32. The van der Waals surface area contributed by atoms with Crippen LogP contribution in [0.3, 0.4) is 0 Å². The van der Waals surface area contributed by atoms with Gasteiger partial charge in [0.05, 0.1) is 7.11 Å². The Labute approximate surface area is 118 Å². The first kappa shape index (κ1) is 13.2. The minimum absolute atomic E-state index is 0.179. The quantitative estimate of drug-likeness (QED) is 0.845. The van der Waals surface area contributed by atoms with E-state index in [2.05, 4.69) is 29.4 Å². The van der Waals surface area contributed by atoms with E-state index in [1.165, 1.54) is 23.8 Å². The van der Waals surface area contributed by atoms with E-state index in [4.69, 9.17) is 4.74 Å². The molecule has 2 aromatic rings. The molecule has 0 spiro atoms. The largest absolute Gasteiger partial charge is 0.468 e. The molecule has 0 radical (unpaired) electrons. The van der Waals surface area contributed by atoms with Crippen molar-refractivity contribution in [3.8, 4) is 0 Å². The third-order valence-corrected chi connectivity index (χ3v) is 4.07. The predicted octanol–water partition coefficient (Wildman–Crippen LogP) is 2.70. The Hall–Kier alpha value is -1.81. The van der Waals surface area contributed by atoms with Gasteiger partial charge in [-0.3, -0.25) is 10.1 Å². The molecule has 2 heterocycles. The average molecular weight is 272 g/mol. The number of methoxy groups -OCH3 is 1. The number of ether oxygens (including phenoxy) is 1. The van der Waals surface area contributed by atoms with Crippen molar-refractivity contribution in [1.29, 1.82) is 0 Å². The van der Waals surface area contributed by atoms with Crippen LogP contribution in [0.2, 0.25) is 0 Å². The molecular formula is C16H20N2O2. The molecular weight excluding hydrogens is 252 g/mol. The number of hydrogen-bond acceptors (Lipinski definition) is 3. The molecule has 1 unspecified atom stereocenters. The number of carbonyl (C=O) groups excluding carboxylic acids is 1. The molecule has 0 amide bonds. The summed E-state index contributed by atoms with van der Waals surface area (Å²) in [5.41, 5.74) is 3.63. The molecule has 1 aromatic carbocycles. The fraction of sp³-hybridized carbons (Fsp3) is 0.438. The maximum atomic E-state index is 11.9. The van der Waals surface area contributed by atoms with E-state index in [0.29, 0.717) is 6.42 Å². The molecule has 2 N–H and O–H groups in total. The van der Waals surface area contributed by atoms with Gasteiger partial charge >= 0.3 is 5.97 Å². The molecule has 1 aliphatic heterocycles. The number of nitrogens with one attached hydrogen (secondary N) is 2. The first-order valence-corrected chi connectivity index (χ1v) is 7.18. The lowest BCUT2D eigenvalue weighted by Crippen LogP contribution is -2.45. The molecule has 1 aliphatic rings. The lowest BCUT2D eigenvalue weighted by Gasteiger charge is -2.29. The number of para-hydroxylation sites is 1. The zero-order chi connectivity index (χ0) is 14.1. The second-order valence-corrected chi connectivity index (χ2v) is 5.35. The zero-order valence-corrected chi connectivity index (χ0v) is 11.9. The van der Waals surface area contributed by atoms with E-state index < -0.39 is 0 Å². The lowest BCUT2D eigenvalue weighted by atomic mass is 9.92. The molecule has 0 saturated heterocycles. The molecule has 20 heavy (non-hydrogen) atoms. The van der Waals surface area contributed by atoms with Crippen LogP contribution in [0.5, 0.6) is 0 Å². The van der Waals surface area contributed by atoms with Crippen LogP contribution in [-0.2, 0) is 16.0 Å². The number of carbonyl (C=O) groups is 1. The van der Waals surface area contributed by atoms with E-state index in [-0.39, 0.29) is 18.1 Å². The van der Waals surface area contributed by atoms with Crippen LogP contribution in [0.1, 0.15) is 37.1 Å². The highest BCUT2D eigenvalue weighted by molar-refractivity contribution is 5.87. The van der Waals surface area contributed by atoms with Crippen LogP contribution in [0, 0.1) is 0 Å². The molecule has 3 rings (SSSR count). The molecule has 4 heteroatoms. The van der Waals surface area contributed by atoms with Crippen LogP contribution in [0.15, 0.2) is 24.3 Å². The van der Waals surface area contributed by atoms with Crippen molar-refractivity contribution in [3.63, 3.8) is 0 Å². The number of aromatic nitrogens is 1. The van der Waals surface area contributed by atoms with Gasteiger partial charge in [0.1, 0.15) is 6.04 Å². The fourth-order valence-corrected chi connectivity index (χ4v) is 3.14. The van der Waals surface area contributed by atoms with E-state index in [9.17, 15) is 4.79 Å². The van der Waals surface area contributed by atoms with Gasteiger partial charge in [-0.2, -0.15) is 0 Å². The van der Waals surface area contributed by atoms with Gasteiger partial charge in [-0.1, -0.05) is 31.5 Å². The van der Waals surface area contributed by atoms with E-state index >= 15 is 0 Å². The van der Waals surface area contributed by atoms with Crippen LogP contribution in [0.4, 0.5) is 0 Å². The summed E-state index contributed by atoms with van der Waals surface area (Å²) in [6.07, 6.45) is 2.76. The first-order valence-electron chi connectivity index (χ1n) is 7.18. The van der Waals surface area contributed by atoms with Crippen LogP contribution < -0.4 is 5.32 Å². The number of fused-ring (bicyclic) bond motifs is 3. The van der Waals surface area contributed by atoms with Crippen molar-refractivity contribution in [2.24, 2.45) is 0 Å². The Morgan fingerprint density at radius 2 is 2.20 bits per heavy atom. The highest BCUT2D eigenvalue weighted by atomic mass is 16.5. The summed E-state index contributed by atoms with van der Waals surface area (Å²) in [6.45, 7) is 2.16. The van der Waals surface area contributed by atoms with Crippen molar-refractivity contribution >= 4 is 16.9 Å². The summed E-state index contributed by atoms with van der Waals surface area (Å²) in [4.78, 5) is 15.4. The molecule has 0 fully saturated rings. The third-order valence-electron chi connectivity index (χ3n) is 4.07. The number of rotatable bonds is 3. The summed E-state index contributed by atoms with van der Waals surface area (Å²) in [7, 11) is 1.45. The Morgan fingerprint density at radius 1 is 1.40 bits per heavy atom. The number of aromatic amines is 1. The lowest BCUT2D eigenvalue weighted by molar-refractivity contribution is -0.143. The van der Waals surface area contributed by atoms with Crippen molar-refractivity contribution in [2.45, 2.75) is 38.3 Å². The maximum Gasteiger partial charge on any atom is 0.323 e. The number of H-pyrrole nitrogens is 1. The Bertz CT molecular complexity index is 632. The van der Waals surface area contributed by atoms with Crippen molar-refractivity contribution in [1.82, 2.24) is 10.3 Å². The molecule has 1 aromatic heterocycles. The summed E-state index contributed by atoms with van der Waals surface area (Å²) < 4.78 is 4.91. The Balaban J connectivity index is 2.06. The van der Waals surface area contributed by atoms with Crippen LogP contribution in [0.25, 0.3) is 10.9 Å². The smallest absolute Gasteiger partial charge is 0.323 e. The van der Waals surface area contributed by atoms with Crippen LogP contribution >= 0.6 is 0 Å².